The minimum atomic E-state index is -2.41. The number of rotatable bonds is 13. The van der Waals surface area contributed by atoms with Crippen molar-refractivity contribution >= 4 is 17.5 Å². The van der Waals surface area contributed by atoms with Crippen LogP contribution in [-0.4, -0.2) is 83.8 Å². The van der Waals surface area contributed by atoms with Crippen molar-refractivity contribution in [3.63, 3.8) is 0 Å². The maximum atomic E-state index is 5.72. The molecule has 1 fully saturated rings. The first-order chi connectivity index (χ1) is 11.1. The van der Waals surface area contributed by atoms with Gasteiger partial charge >= 0.3 is 17.5 Å². The second-order valence-electron chi connectivity index (χ2n) is 5.71. The zero-order chi connectivity index (χ0) is 17.2. The first kappa shape index (κ1) is 21.2. The van der Waals surface area contributed by atoms with Crippen molar-refractivity contribution in [1.82, 2.24) is 9.88 Å². The van der Waals surface area contributed by atoms with Gasteiger partial charge in [0.2, 0.25) is 0 Å². The highest BCUT2D eigenvalue weighted by Crippen LogP contribution is 2.26. The molecule has 1 N–H and O–H groups in total. The summed E-state index contributed by atoms with van der Waals surface area (Å²) >= 11 is 0. The summed E-state index contributed by atoms with van der Waals surface area (Å²) in [6.07, 6.45) is 3.27. The highest BCUT2D eigenvalue weighted by molar-refractivity contribution is 6.65. The summed E-state index contributed by atoms with van der Waals surface area (Å²) in [5, 5.41) is 3.48. The maximum absolute atomic E-state index is 5.72. The van der Waals surface area contributed by atoms with E-state index < -0.39 is 17.5 Å². The van der Waals surface area contributed by atoms with Crippen LogP contribution in [0.2, 0.25) is 12.1 Å². The molecule has 1 aliphatic rings. The van der Waals surface area contributed by atoms with Crippen LogP contribution in [0.3, 0.4) is 0 Å². The fourth-order valence-electron chi connectivity index (χ4n) is 3.16. The molecule has 1 rings (SSSR count). The largest absolute Gasteiger partial charge is 0.500 e. The van der Waals surface area contributed by atoms with Crippen molar-refractivity contribution < 1.29 is 22.1 Å². The Morgan fingerprint density at radius 1 is 0.957 bits per heavy atom. The van der Waals surface area contributed by atoms with Crippen molar-refractivity contribution in [2.24, 2.45) is 0 Å². The quantitative estimate of drug-likeness (QED) is 0.388. The number of nitrogens with one attached hydrogen (secondary N) is 1. The maximum Gasteiger partial charge on any atom is 0.500 e. The van der Waals surface area contributed by atoms with E-state index in [-0.39, 0.29) is 0 Å². The van der Waals surface area contributed by atoms with Crippen molar-refractivity contribution in [2.75, 3.05) is 61.7 Å². The molecule has 1 heterocycles. The zero-order valence-electron chi connectivity index (χ0n) is 15.4. The van der Waals surface area contributed by atoms with E-state index in [1.54, 1.807) is 35.5 Å². The van der Waals surface area contributed by atoms with Crippen molar-refractivity contribution in [3.8, 4) is 0 Å². The molecule has 9 heteroatoms. The Kier molecular flexibility index (Phi) is 10.0. The van der Waals surface area contributed by atoms with Gasteiger partial charge in [-0.05, 0) is 45.4 Å². The van der Waals surface area contributed by atoms with Crippen LogP contribution in [0.4, 0.5) is 0 Å². The Bertz CT molecular complexity index is 309. The van der Waals surface area contributed by atoms with E-state index in [0.717, 1.165) is 51.1 Å². The molecule has 23 heavy (non-hydrogen) atoms. The van der Waals surface area contributed by atoms with Crippen LogP contribution in [0, 0.1) is 0 Å². The molecule has 0 bridgehead atoms. The topological polar surface area (TPSA) is 61.4 Å². The molecule has 1 saturated heterocycles. The van der Waals surface area contributed by atoms with Gasteiger partial charge < -0.3 is 27.4 Å². The summed E-state index contributed by atoms with van der Waals surface area (Å²) in [4.78, 5) is 0. The van der Waals surface area contributed by atoms with Gasteiger partial charge in [0.15, 0.2) is 0 Å². The average molecular weight is 367 g/mol. The molecule has 0 saturated carbocycles. The SMILES string of the molecule is CO[Si](CCCNCCCN1CCC[Si]1(OC)OC)(OC)OC. The molecular formula is C14H34N2O5Si2. The lowest BCUT2D eigenvalue weighted by atomic mass is 10.4. The van der Waals surface area contributed by atoms with E-state index in [0.29, 0.717) is 0 Å². The lowest BCUT2D eigenvalue weighted by Gasteiger charge is -2.31. The highest BCUT2D eigenvalue weighted by atomic mass is 28.4. The summed E-state index contributed by atoms with van der Waals surface area (Å²) in [5.41, 5.74) is 0. The van der Waals surface area contributed by atoms with Crippen molar-refractivity contribution in [2.45, 2.75) is 31.4 Å². The monoisotopic (exact) mass is 366 g/mol. The molecule has 0 unspecified atom stereocenters. The molecule has 0 radical (unpaired) electrons. The first-order valence-electron chi connectivity index (χ1n) is 8.33. The highest BCUT2D eigenvalue weighted by Gasteiger charge is 2.46. The third-order valence-corrected chi connectivity index (χ3v) is 11.1. The molecule has 7 nitrogen and oxygen atoms in total. The van der Waals surface area contributed by atoms with E-state index in [2.05, 4.69) is 9.88 Å². The molecule has 0 aliphatic carbocycles. The van der Waals surface area contributed by atoms with Gasteiger partial charge in [0.25, 0.3) is 0 Å². The Morgan fingerprint density at radius 3 is 2.13 bits per heavy atom. The van der Waals surface area contributed by atoms with Crippen LogP contribution in [0.25, 0.3) is 0 Å². The van der Waals surface area contributed by atoms with Gasteiger partial charge in [0.1, 0.15) is 0 Å². The van der Waals surface area contributed by atoms with Gasteiger partial charge in [0, 0.05) is 47.6 Å². The van der Waals surface area contributed by atoms with Crippen LogP contribution in [0.1, 0.15) is 19.3 Å². The van der Waals surface area contributed by atoms with E-state index >= 15 is 0 Å². The van der Waals surface area contributed by atoms with E-state index in [4.69, 9.17) is 22.1 Å². The molecule has 0 aromatic heterocycles. The van der Waals surface area contributed by atoms with Gasteiger partial charge in [-0.3, -0.25) is 4.57 Å². The normalized spacial score (nSPS) is 18.7. The second kappa shape index (κ2) is 10.9. The molecular weight excluding hydrogens is 332 g/mol. The van der Waals surface area contributed by atoms with Gasteiger partial charge in [-0.1, -0.05) is 0 Å². The van der Waals surface area contributed by atoms with Gasteiger partial charge in [-0.25, -0.2) is 0 Å². The summed E-state index contributed by atoms with van der Waals surface area (Å²) in [7, 11) is 4.06. The van der Waals surface area contributed by atoms with Gasteiger partial charge in [-0.15, -0.1) is 0 Å². The molecule has 0 atom stereocenters. The zero-order valence-corrected chi connectivity index (χ0v) is 17.4. The minimum Gasteiger partial charge on any atom is -0.386 e. The van der Waals surface area contributed by atoms with Gasteiger partial charge in [-0.2, -0.15) is 0 Å². The van der Waals surface area contributed by atoms with E-state index in [1.807, 2.05) is 0 Å². The molecule has 1 aliphatic heterocycles. The molecule has 0 aromatic rings. The third-order valence-electron chi connectivity index (χ3n) is 4.59. The predicted molar refractivity (Wildman–Crippen MR) is 94.5 cm³/mol. The van der Waals surface area contributed by atoms with E-state index in [9.17, 15) is 0 Å². The smallest absolute Gasteiger partial charge is 0.386 e. The molecule has 0 amide bonds. The average Bonchev–Trinajstić information content (AvgIpc) is 3.01. The van der Waals surface area contributed by atoms with Crippen LogP contribution in [0.15, 0.2) is 0 Å². The van der Waals surface area contributed by atoms with Crippen LogP contribution >= 0.6 is 0 Å². The molecule has 0 spiro atoms. The molecule has 0 aromatic carbocycles. The fraction of sp³-hybridized carbons (Fsp3) is 1.00. The first-order valence-corrected chi connectivity index (χ1v) is 12.2. The lowest BCUT2D eigenvalue weighted by molar-refractivity contribution is 0.123. The lowest BCUT2D eigenvalue weighted by Crippen LogP contribution is -2.53. The Hall–Kier alpha value is 0.154. The van der Waals surface area contributed by atoms with Gasteiger partial charge in [0.05, 0.1) is 0 Å². The third kappa shape index (κ3) is 5.87. The summed E-state index contributed by atoms with van der Waals surface area (Å²) < 4.78 is 30.1. The van der Waals surface area contributed by atoms with Crippen molar-refractivity contribution in [3.05, 3.63) is 0 Å². The predicted octanol–water partition coefficient (Wildman–Crippen LogP) is 1.17. The number of hydrogen-bond acceptors (Lipinski definition) is 7. The molecule has 138 valence electrons. The minimum absolute atomic E-state index is 0.832. The fourth-order valence-corrected chi connectivity index (χ4v) is 7.89. The second-order valence-corrected chi connectivity index (χ2v) is 12.2. The Balaban J connectivity index is 2.14. The van der Waals surface area contributed by atoms with Crippen LogP contribution in [0.5, 0.6) is 0 Å². The van der Waals surface area contributed by atoms with Crippen LogP contribution in [-0.2, 0) is 22.1 Å². The standard InChI is InChI=1S/C14H34N2O5Si2/c1-17-22(18-2)13-8-12-16(22)11-6-9-15-10-7-14-23(19-3,20-4)21-5/h15H,6-14H2,1-5H3. The van der Waals surface area contributed by atoms with E-state index in [1.165, 1.54) is 6.42 Å². The number of hydrogen-bond donors (Lipinski definition) is 1. The van der Waals surface area contributed by atoms with Crippen molar-refractivity contribution in [1.29, 1.82) is 0 Å². The summed E-state index contributed by atoms with van der Waals surface area (Å²) in [6.45, 7) is 4.07. The summed E-state index contributed by atoms with van der Waals surface area (Å²) in [6, 6.07) is 1.91. The Morgan fingerprint density at radius 2 is 1.57 bits per heavy atom. The summed E-state index contributed by atoms with van der Waals surface area (Å²) in [5.74, 6) is 0. The number of nitrogens with zero attached hydrogens (tertiary/aromatic N) is 1. The Labute approximate surface area is 143 Å². The van der Waals surface area contributed by atoms with Crippen LogP contribution < -0.4 is 5.32 Å².